The van der Waals surface area contributed by atoms with E-state index in [1.54, 1.807) is 18.2 Å². The topological polar surface area (TPSA) is 15.7 Å². The molecule has 3 rings (SSSR count). The molecule has 1 fully saturated rings. The van der Waals surface area contributed by atoms with Crippen molar-refractivity contribution in [1.82, 2.24) is 9.80 Å². The molecule has 0 spiro atoms. The molecule has 2 aromatic rings. The highest BCUT2D eigenvalue weighted by atomic mass is 35.5. The van der Waals surface area contributed by atoms with Crippen LogP contribution in [0.15, 0.2) is 42.5 Å². The summed E-state index contributed by atoms with van der Waals surface area (Å²) in [6, 6.07) is 13.5. The van der Waals surface area contributed by atoms with Crippen LogP contribution in [0.1, 0.15) is 12.0 Å². The van der Waals surface area contributed by atoms with Gasteiger partial charge in [-0.25, -0.2) is 0 Å². The third kappa shape index (κ3) is 5.89. The molecule has 0 atom stereocenters. The highest BCUT2D eigenvalue weighted by Gasteiger charge is 2.12. The van der Waals surface area contributed by atoms with Crippen LogP contribution < -0.4 is 4.74 Å². The van der Waals surface area contributed by atoms with Gasteiger partial charge < -0.3 is 14.5 Å². The van der Waals surface area contributed by atoms with Crippen molar-refractivity contribution < 1.29 is 4.74 Å². The Hall–Kier alpha value is -1.26. The zero-order valence-electron chi connectivity index (χ0n) is 14.5. The first-order chi connectivity index (χ1) is 12.1. The molecule has 1 heterocycles. The summed E-state index contributed by atoms with van der Waals surface area (Å²) in [7, 11) is 2.19. The zero-order valence-corrected chi connectivity index (χ0v) is 16.1. The predicted molar refractivity (Wildman–Crippen MR) is 105 cm³/mol. The number of hydrogen-bond acceptors (Lipinski definition) is 3. The monoisotopic (exact) mass is 378 g/mol. The summed E-state index contributed by atoms with van der Waals surface area (Å²) in [5.74, 6) is 1.47. The van der Waals surface area contributed by atoms with Gasteiger partial charge in [-0.15, -0.1) is 0 Å². The van der Waals surface area contributed by atoms with Crippen LogP contribution in [0.2, 0.25) is 10.0 Å². The van der Waals surface area contributed by atoms with Gasteiger partial charge in [0.25, 0.3) is 0 Å². The summed E-state index contributed by atoms with van der Waals surface area (Å²) >= 11 is 12.1. The first kappa shape index (κ1) is 18.5. The second-order valence-corrected chi connectivity index (χ2v) is 7.48. The normalized spacial score (nSPS) is 16.1. The number of piperazine rings is 1. The maximum Gasteiger partial charge on any atom is 0.130 e. The van der Waals surface area contributed by atoms with E-state index in [9.17, 15) is 0 Å². The quantitative estimate of drug-likeness (QED) is 0.705. The smallest absolute Gasteiger partial charge is 0.130 e. The fraction of sp³-hybridized carbons (Fsp3) is 0.400. The van der Waals surface area contributed by atoms with Gasteiger partial charge in [-0.05, 0) is 62.3 Å². The largest absolute Gasteiger partial charge is 0.457 e. The van der Waals surface area contributed by atoms with E-state index in [4.69, 9.17) is 27.9 Å². The van der Waals surface area contributed by atoms with Crippen molar-refractivity contribution in [2.24, 2.45) is 0 Å². The maximum absolute atomic E-state index is 6.03. The maximum atomic E-state index is 6.03. The number of halogens is 2. The van der Waals surface area contributed by atoms with Crippen LogP contribution in [0.3, 0.4) is 0 Å². The minimum atomic E-state index is 0.575. The van der Waals surface area contributed by atoms with E-state index < -0.39 is 0 Å². The SMILES string of the molecule is CN1CCN(CCCc2cccc(Oc3cc(Cl)cc(Cl)c3)c2)CC1. The van der Waals surface area contributed by atoms with E-state index in [-0.39, 0.29) is 0 Å². The van der Waals surface area contributed by atoms with Crippen LogP contribution >= 0.6 is 23.2 Å². The van der Waals surface area contributed by atoms with Crippen molar-refractivity contribution >= 4 is 23.2 Å². The molecular formula is C20H24Cl2N2O. The molecule has 134 valence electrons. The van der Waals surface area contributed by atoms with Crippen LogP contribution in [-0.4, -0.2) is 49.6 Å². The summed E-state index contributed by atoms with van der Waals surface area (Å²) in [5, 5.41) is 1.15. The van der Waals surface area contributed by atoms with E-state index in [0.717, 1.165) is 25.1 Å². The molecule has 0 aliphatic carbocycles. The fourth-order valence-corrected chi connectivity index (χ4v) is 3.57. The Morgan fingerprint density at radius 2 is 1.64 bits per heavy atom. The Kier molecular flexibility index (Phi) is 6.60. The molecule has 0 radical (unpaired) electrons. The Balaban J connectivity index is 1.52. The van der Waals surface area contributed by atoms with E-state index in [0.29, 0.717) is 15.8 Å². The van der Waals surface area contributed by atoms with Crippen molar-refractivity contribution in [3.8, 4) is 11.5 Å². The summed E-state index contributed by atoms with van der Waals surface area (Å²) in [4.78, 5) is 4.94. The van der Waals surface area contributed by atoms with Gasteiger partial charge in [0.1, 0.15) is 11.5 Å². The molecule has 5 heteroatoms. The fourth-order valence-electron chi connectivity index (χ4n) is 3.07. The number of likely N-dealkylation sites (N-methyl/N-ethyl adjacent to an activating group) is 1. The summed E-state index contributed by atoms with van der Waals surface area (Å²) < 4.78 is 5.90. The Morgan fingerprint density at radius 3 is 2.36 bits per heavy atom. The first-order valence-electron chi connectivity index (χ1n) is 8.72. The van der Waals surface area contributed by atoms with Crippen molar-refractivity contribution in [2.75, 3.05) is 39.8 Å². The number of aryl methyl sites for hydroxylation is 1. The molecule has 2 aromatic carbocycles. The lowest BCUT2D eigenvalue weighted by molar-refractivity contribution is 0.153. The molecule has 0 bridgehead atoms. The van der Waals surface area contributed by atoms with Crippen molar-refractivity contribution in [2.45, 2.75) is 12.8 Å². The van der Waals surface area contributed by atoms with E-state index in [1.165, 1.54) is 31.7 Å². The minimum Gasteiger partial charge on any atom is -0.457 e. The molecular weight excluding hydrogens is 355 g/mol. The standard InChI is InChI=1S/C20H24Cl2N2O/c1-23-8-10-24(11-9-23)7-3-5-16-4-2-6-19(12-16)25-20-14-17(21)13-18(22)15-20/h2,4,6,12-15H,3,5,7-11H2,1H3. The molecule has 1 aliphatic heterocycles. The highest BCUT2D eigenvalue weighted by Crippen LogP contribution is 2.28. The number of hydrogen-bond donors (Lipinski definition) is 0. The van der Waals surface area contributed by atoms with Crippen LogP contribution in [0, 0.1) is 0 Å². The van der Waals surface area contributed by atoms with Gasteiger partial charge in [-0.3, -0.25) is 0 Å². The number of rotatable bonds is 6. The van der Waals surface area contributed by atoms with Crippen molar-refractivity contribution in [3.05, 3.63) is 58.1 Å². The lowest BCUT2D eigenvalue weighted by Gasteiger charge is -2.32. The van der Waals surface area contributed by atoms with Gasteiger partial charge in [0.15, 0.2) is 0 Å². The molecule has 0 aromatic heterocycles. The summed E-state index contributed by atoms with van der Waals surface area (Å²) in [6.07, 6.45) is 2.22. The molecule has 0 saturated carbocycles. The molecule has 3 nitrogen and oxygen atoms in total. The molecule has 0 amide bonds. The van der Waals surface area contributed by atoms with E-state index >= 15 is 0 Å². The number of ether oxygens (including phenoxy) is 1. The van der Waals surface area contributed by atoms with Gasteiger partial charge in [0.2, 0.25) is 0 Å². The summed E-state index contributed by atoms with van der Waals surface area (Å²) in [6.45, 7) is 5.85. The third-order valence-electron chi connectivity index (χ3n) is 4.51. The van der Waals surface area contributed by atoms with Gasteiger partial charge in [0, 0.05) is 36.2 Å². The van der Waals surface area contributed by atoms with Crippen LogP contribution in [0.25, 0.3) is 0 Å². The second-order valence-electron chi connectivity index (χ2n) is 6.60. The Morgan fingerprint density at radius 1 is 0.920 bits per heavy atom. The van der Waals surface area contributed by atoms with Crippen molar-refractivity contribution in [3.63, 3.8) is 0 Å². The second kappa shape index (κ2) is 8.91. The van der Waals surface area contributed by atoms with Crippen LogP contribution in [0.4, 0.5) is 0 Å². The predicted octanol–water partition coefficient (Wildman–Crippen LogP) is 4.97. The Bertz CT molecular complexity index is 680. The average molecular weight is 379 g/mol. The zero-order chi connectivity index (χ0) is 17.6. The highest BCUT2D eigenvalue weighted by molar-refractivity contribution is 6.34. The first-order valence-corrected chi connectivity index (χ1v) is 9.48. The average Bonchev–Trinajstić information content (AvgIpc) is 2.56. The van der Waals surface area contributed by atoms with Crippen molar-refractivity contribution in [1.29, 1.82) is 0 Å². The molecule has 0 unspecified atom stereocenters. The lowest BCUT2D eigenvalue weighted by Crippen LogP contribution is -2.44. The van der Waals surface area contributed by atoms with E-state index in [1.807, 2.05) is 12.1 Å². The molecule has 0 N–H and O–H groups in total. The van der Waals surface area contributed by atoms with Gasteiger partial charge in [0.05, 0.1) is 0 Å². The number of nitrogens with zero attached hydrogens (tertiary/aromatic N) is 2. The molecule has 1 saturated heterocycles. The lowest BCUT2D eigenvalue weighted by atomic mass is 10.1. The third-order valence-corrected chi connectivity index (χ3v) is 4.94. The van der Waals surface area contributed by atoms with Gasteiger partial charge in [-0.1, -0.05) is 35.3 Å². The van der Waals surface area contributed by atoms with Crippen LogP contribution in [-0.2, 0) is 6.42 Å². The Labute approximate surface area is 160 Å². The number of benzene rings is 2. The molecule has 25 heavy (non-hydrogen) atoms. The molecule has 1 aliphatic rings. The van der Waals surface area contributed by atoms with Gasteiger partial charge >= 0.3 is 0 Å². The van der Waals surface area contributed by atoms with Gasteiger partial charge in [-0.2, -0.15) is 0 Å². The van der Waals surface area contributed by atoms with E-state index in [2.05, 4.69) is 29.0 Å². The van der Waals surface area contributed by atoms with Crippen LogP contribution in [0.5, 0.6) is 11.5 Å². The minimum absolute atomic E-state index is 0.575. The summed E-state index contributed by atoms with van der Waals surface area (Å²) in [5.41, 5.74) is 1.29.